The first-order valence-corrected chi connectivity index (χ1v) is 8.81. The van der Waals surface area contributed by atoms with Gasteiger partial charge in [0.1, 0.15) is 5.75 Å². The van der Waals surface area contributed by atoms with Gasteiger partial charge >= 0.3 is 0 Å². The van der Waals surface area contributed by atoms with Crippen LogP contribution in [0.4, 0.5) is 0 Å². The molecular weight excluding hydrogens is 344 g/mol. The van der Waals surface area contributed by atoms with Crippen molar-refractivity contribution < 1.29 is 19.1 Å². The monoisotopic (exact) mass is 366 g/mol. The van der Waals surface area contributed by atoms with E-state index in [0.29, 0.717) is 16.9 Å². The van der Waals surface area contributed by atoms with Crippen LogP contribution in [0.5, 0.6) is 5.75 Å². The Hall–Kier alpha value is -3.15. The van der Waals surface area contributed by atoms with E-state index in [1.807, 2.05) is 32.0 Å². The van der Waals surface area contributed by atoms with Gasteiger partial charge in [-0.2, -0.15) is 0 Å². The predicted molar refractivity (Wildman–Crippen MR) is 101 cm³/mol. The number of benzene rings is 2. The number of methoxy groups -OCH3 is 1. The fourth-order valence-corrected chi connectivity index (χ4v) is 3.24. The molecule has 0 spiro atoms. The lowest BCUT2D eigenvalue weighted by molar-refractivity contribution is -0.121. The van der Waals surface area contributed by atoms with Crippen molar-refractivity contribution in [3.8, 4) is 5.75 Å². The van der Waals surface area contributed by atoms with Crippen molar-refractivity contribution in [1.82, 2.24) is 10.2 Å². The molecule has 1 aliphatic rings. The third-order valence-corrected chi connectivity index (χ3v) is 4.67. The minimum atomic E-state index is -0.350. The van der Waals surface area contributed by atoms with Gasteiger partial charge in [0, 0.05) is 18.5 Å². The van der Waals surface area contributed by atoms with Crippen LogP contribution < -0.4 is 10.1 Å². The zero-order valence-corrected chi connectivity index (χ0v) is 15.6. The Bertz CT molecular complexity index is 872. The van der Waals surface area contributed by atoms with E-state index in [4.69, 9.17) is 4.74 Å². The van der Waals surface area contributed by atoms with Crippen LogP contribution in [0.15, 0.2) is 42.5 Å². The summed E-state index contributed by atoms with van der Waals surface area (Å²) >= 11 is 0. The molecule has 3 rings (SSSR count). The van der Waals surface area contributed by atoms with E-state index < -0.39 is 0 Å². The maximum absolute atomic E-state index is 12.4. The molecule has 1 atom stereocenters. The molecule has 1 aliphatic heterocycles. The van der Waals surface area contributed by atoms with Crippen molar-refractivity contribution in [1.29, 1.82) is 0 Å². The number of amides is 3. The van der Waals surface area contributed by atoms with E-state index in [2.05, 4.69) is 5.32 Å². The number of aryl methyl sites for hydroxylation is 1. The zero-order chi connectivity index (χ0) is 19.6. The molecule has 27 heavy (non-hydrogen) atoms. The first-order chi connectivity index (χ1) is 12.9. The van der Waals surface area contributed by atoms with E-state index in [-0.39, 0.29) is 36.7 Å². The lowest BCUT2D eigenvalue weighted by Gasteiger charge is -2.19. The molecule has 1 heterocycles. The van der Waals surface area contributed by atoms with Crippen LogP contribution in [0.25, 0.3) is 0 Å². The highest BCUT2D eigenvalue weighted by Gasteiger charge is 2.35. The number of rotatable bonds is 6. The van der Waals surface area contributed by atoms with E-state index in [0.717, 1.165) is 16.0 Å². The lowest BCUT2D eigenvalue weighted by Crippen LogP contribution is -2.35. The highest BCUT2D eigenvalue weighted by molar-refractivity contribution is 6.21. The second-order valence-corrected chi connectivity index (χ2v) is 6.59. The molecule has 6 nitrogen and oxygen atoms in total. The van der Waals surface area contributed by atoms with Gasteiger partial charge in [0.15, 0.2) is 0 Å². The molecular formula is C21H22N2O4. The van der Waals surface area contributed by atoms with Gasteiger partial charge in [0.2, 0.25) is 5.91 Å². The van der Waals surface area contributed by atoms with Gasteiger partial charge in [-0.1, -0.05) is 29.8 Å². The van der Waals surface area contributed by atoms with E-state index >= 15 is 0 Å². The van der Waals surface area contributed by atoms with E-state index in [9.17, 15) is 14.4 Å². The molecule has 3 amide bonds. The number of ether oxygens (including phenoxy) is 1. The van der Waals surface area contributed by atoms with Crippen LogP contribution in [0.2, 0.25) is 0 Å². The van der Waals surface area contributed by atoms with Gasteiger partial charge in [-0.15, -0.1) is 0 Å². The summed E-state index contributed by atoms with van der Waals surface area (Å²) in [6.45, 7) is 3.90. The average Bonchev–Trinajstić information content (AvgIpc) is 2.91. The molecule has 1 N–H and O–H groups in total. The summed E-state index contributed by atoms with van der Waals surface area (Å²) in [7, 11) is 1.59. The third-order valence-electron chi connectivity index (χ3n) is 4.67. The average molecular weight is 366 g/mol. The minimum Gasteiger partial charge on any atom is -0.496 e. The maximum Gasteiger partial charge on any atom is 0.261 e. The number of fused-ring (bicyclic) bond motifs is 1. The maximum atomic E-state index is 12.4. The second-order valence-electron chi connectivity index (χ2n) is 6.59. The van der Waals surface area contributed by atoms with Crippen molar-refractivity contribution in [3.05, 3.63) is 64.7 Å². The van der Waals surface area contributed by atoms with Crippen LogP contribution in [-0.4, -0.2) is 36.3 Å². The number of hydrogen-bond donors (Lipinski definition) is 1. The molecule has 0 fully saturated rings. The molecule has 2 aromatic carbocycles. The molecule has 0 unspecified atom stereocenters. The summed E-state index contributed by atoms with van der Waals surface area (Å²) in [6.07, 6.45) is 0.0456. The summed E-state index contributed by atoms with van der Waals surface area (Å²) < 4.78 is 5.36. The van der Waals surface area contributed by atoms with Gasteiger partial charge in [-0.3, -0.25) is 19.3 Å². The predicted octanol–water partition coefficient (Wildman–Crippen LogP) is 2.87. The lowest BCUT2D eigenvalue weighted by atomic mass is 10.0. The first kappa shape index (κ1) is 18.6. The minimum absolute atomic E-state index is 0.0456. The van der Waals surface area contributed by atoms with Crippen LogP contribution in [0.1, 0.15) is 51.2 Å². The van der Waals surface area contributed by atoms with Crippen molar-refractivity contribution >= 4 is 17.7 Å². The Morgan fingerprint density at radius 1 is 1.11 bits per heavy atom. The summed E-state index contributed by atoms with van der Waals surface area (Å²) in [6, 6.07) is 12.2. The van der Waals surface area contributed by atoms with Crippen molar-refractivity contribution in [2.75, 3.05) is 13.7 Å². The Morgan fingerprint density at radius 2 is 1.74 bits per heavy atom. The fraction of sp³-hybridized carbons (Fsp3) is 0.286. The number of hydrogen-bond acceptors (Lipinski definition) is 4. The van der Waals surface area contributed by atoms with Gasteiger partial charge < -0.3 is 10.1 Å². The highest BCUT2D eigenvalue weighted by Crippen LogP contribution is 2.26. The summed E-state index contributed by atoms with van der Waals surface area (Å²) in [4.78, 5) is 38.2. The summed E-state index contributed by atoms with van der Waals surface area (Å²) in [5, 5.41) is 2.90. The number of nitrogens with one attached hydrogen (secondary N) is 1. The summed E-state index contributed by atoms with van der Waals surface area (Å²) in [5.41, 5.74) is 2.73. The Kier molecular flexibility index (Phi) is 5.26. The fourth-order valence-electron chi connectivity index (χ4n) is 3.24. The van der Waals surface area contributed by atoms with Gasteiger partial charge in [-0.25, -0.2) is 0 Å². The van der Waals surface area contributed by atoms with Crippen LogP contribution in [0, 0.1) is 6.92 Å². The van der Waals surface area contributed by atoms with E-state index in [1.54, 1.807) is 31.4 Å². The molecule has 140 valence electrons. The van der Waals surface area contributed by atoms with Gasteiger partial charge in [0.05, 0.1) is 24.3 Å². The van der Waals surface area contributed by atoms with Gasteiger partial charge in [0.25, 0.3) is 11.8 Å². The van der Waals surface area contributed by atoms with Crippen molar-refractivity contribution in [2.24, 2.45) is 0 Å². The van der Waals surface area contributed by atoms with Crippen LogP contribution in [0.3, 0.4) is 0 Å². The molecule has 2 aromatic rings. The molecule has 0 aromatic heterocycles. The number of carbonyl (C=O) groups is 3. The standard InChI is InChI=1S/C21H22N2O4/c1-13-8-9-18(27-3)17(12-13)14(2)22-19(24)10-11-23-20(25)15-6-4-5-7-16(15)21(23)26/h4-9,12,14H,10-11H2,1-3H3,(H,22,24)/t14-/m0/s1. The third kappa shape index (κ3) is 3.69. The van der Waals surface area contributed by atoms with E-state index in [1.165, 1.54) is 0 Å². The highest BCUT2D eigenvalue weighted by atomic mass is 16.5. The second kappa shape index (κ2) is 7.61. The molecule has 0 saturated heterocycles. The number of imide groups is 1. The van der Waals surface area contributed by atoms with Gasteiger partial charge in [-0.05, 0) is 32.0 Å². The molecule has 0 aliphatic carbocycles. The quantitative estimate of drug-likeness (QED) is 0.798. The first-order valence-electron chi connectivity index (χ1n) is 8.81. The molecule has 6 heteroatoms. The SMILES string of the molecule is COc1ccc(C)cc1[C@H](C)NC(=O)CCN1C(=O)c2ccccc2C1=O. The Labute approximate surface area is 158 Å². The topological polar surface area (TPSA) is 75.7 Å². The van der Waals surface area contributed by atoms with Crippen LogP contribution in [-0.2, 0) is 4.79 Å². The largest absolute Gasteiger partial charge is 0.496 e. The number of nitrogens with zero attached hydrogens (tertiary/aromatic N) is 1. The summed E-state index contributed by atoms with van der Waals surface area (Å²) in [5.74, 6) is -0.232. The van der Waals surface area contributed by atoms with Crippen molar-refractivity contribution in [3.63, 3.8) is 0 Å². The van der Waals surface area contributed by atoms with Crippen LogP contribution >= 0.6 is 0 Å². The smallest absolute Gasteiger partial charge is 0.261 e. The Balaban J connectivity index is 1.62. The molecule has 0 saturated carbocycles. The molecule has 0 bridgehead atoms. The Morgan fingerprint density at radius 3 is 2.33 bits per heavy atom. The molecule has 0 radical (unpaired) electrons. The zero-order valence-electron chi connectivity index (χ0n) is 15.6. The normalized spacial score (nSPS) is 14.1. The van der Waals surface area contributed by atoms with Crippen molar-refractivity contribution in [2.45, 2.75) is 26.3 Å². The number of carbonyl (C=O) groups excluding carboxylic acids is 3.